The van der Waals surface area contributed by atoms with Crippen molar-refractivity contribution in [1.82, 2.24) is 0 Å². The average molecular weight is 291 g/mol. The minimum atomic E-state index is 0.0727. The number of nitrogens with two attached hydrogens (primary N) is 1. The number of hydrogen-bond acceptors (Lipinski definition) is 3. The van der Waals surface area contributed by atoms with Gasteiger partial charge in [-0.25, -0.2) is 0 Å². The van der Waals surface area contributed by atoms with Gasteiger partial charge in [-0.15, -0.1) is 0 Å². The van der Waals surface area contributed by atoms with E-state index in [1.165, 1.54) is 0 Å². The van der Waals surface area contributed by atoms with Crippen LogP contribution in [0.1, 0.15) is 11.6 Å². The number of nitrogens with zero attached hydrogens (tertiary/aromatic N) is 1. The van der Waals surface area contributed by atoms with E-state index in [-0.39, 0.29) is 6.04 Å². The van der Waals surface area contributed by atoms with Crippen molar-refractivity contribution in [2.24, 2.45) is 5.73 Å². The maximum atomic E-state index is 5.96. The van der Waals surface area contributed by atoms with E-state index in [0.29, 0.717) is 6.54 Å². The Morgan fingerprint density at radius 2 is 1.80 bits per heavy atom. The van der Waals surface area contributed by atoms with Crippen molar-refractivity contribution >= 4 is 17.3 Å². The van der Waals surface area contributed by atoms with Gasteiger partial charge in [0.2, 0.25) is 0 Å². The molecule has 4 heteroatoms. The van der Waals surface area contributed by atoms with E-state index >= 15 is 0 Å². The summed E-state index contributed by atoms with van der Waals surface area (Å²) in [5.74, 6) is 0.836. The van der Waals surface area contributed by atoms with Gasteiger partial charge >= 0.3 is 0 Å². The van der Waals surface area contributed by atoms with Gasteiger partial charge in [-0.05, 0) is 29.8 Å². The van der Waals surface area contributed by atoms with Crippen molar-refractivity contribution in [1.29, 1.82) is 0 Å². The fraction of sp³-hybridized carbons (Fsp3) is 0.250. The highest BCUT2D eigenvalue weighted by Gasteiger charge is 2.18. The summed E-state index contributed by atoms with van der Waals surface area (Å²) in [5.41, 5.74) is 8.10. The molecule has 0 aliphatic heterocycles. The zero-order valence-corrected chi connectivity index (χ0v) is 12.5. The summed E-state index contributed by atoms with van der Waals surface area (Å²) >= 11 is 5.94. The van der Waals surface area contributed by atoms with E-state index in [1.807, 2.05) is 55.6 Å². The second-order valence-electron chi connectivity index (χ2n) is 4.59. The molecule has 0 radical (unpaired) electrons. The van der Waals surface area contributed by atoms with Gasteiger partial charge in [0.15, 0.2) is 0 Å². The molecule has 0 spiro atoms. The molecule has 2 aromatic rings. The standard InChI is InChI=1S/C16H19ClN2O/c1-19(14-5-3-4-6-16(14)20-2)15(11-18)12-7-9-13(17)10-8-12/h3-10,15H,11,18H2,1-2H3. The van der Waals surface area contributed by atoms with Crippen LogP contribution in [0.15, 0.2) is 48.5 Å². The topological polar surface area (TPSA) is 38.5 Å². The Morgan fingerprint density at radius 3 is 2.40 bits per heavy atom. The first-order chi connectivity index (χ1) is 9.67. The molecule has 0 amide bonds. The molecule has 0 aliphatic rings. The number of likely N-dealkylation sites (N-methyl/N-ethyl adjacent to an activating group) is 1. The lowest BCUT2D eigenvalue weighted by molar-refractivity contribution is 0.413. The molecule has 0 saturated heterocycles. The summed E-state index contributed by atoms with van der Waals surface area (Å²) in [5, 5.41) is 0.726. The minimum Gasteiger partial charge on any atom is -0.495 e. The Morgan fingerprint density at radius 1 is 1.15 bits per heavy atom. The van der Waals surface area contributed by atoms with Gasteiger partial charge in [-0.2, -0.15) is 0 Å². The predicted molar refractivity (Wildman–Crippen MR) is 84.6 cm³/mol. The molecule has 2 aromatic carbocycles. The molecule has 0 fully saturated rings. The van der Waals surface area contributed by atoms with E-state index in [2.05, 4.69) is 4.90 Å². The second kappa shape index (κ2) is 6.64. The molecular formula is C16H19ClN2O. The van der Waals surface area contributed by atoms with E-state index in [4.69, 9.17) is 22.1 Å². The highest BCUT2D eigenvalue weighted by molar-refractivity contribution is 6.30. The maximum Gasteiger partial charge on any atom is 0.142 e. The van der Waals surface area contributed by atoms with Crippen molar-refractivity contribution in [2.75, 3.05) is 25.6 Å². The second-order valence-corrected chi connectivity index (χ2v) is 5.02. The van der Waals surface area contributed by atoms with Crippen LogP contribution < -0.4 is 15.4 Å². The zero-order valence-electron chi connectivity index (χ0n) is 11.7. The van der Waals surface area contributed by atoms with Crippen LogP contribution in [-0.4, -0.2) is 20.7 Å². The third-order valence-corrected chi connectivity index (χ3v) is 3.66. The van der Waals surface area contributed by atoms with Crippen LogP contribution in [0.4, 0.5) is 5.69 Å². The largest absolute Gasteiger partial charge is 0.495 e. The van der Waals surface area contributed by atoms with Crippen molar-refractivity contribution in [2.45, 2.75) is 6.04 Å². The highest BCUT2D eigenvalue weighted by atomic mass is 35.5. The fourth-order valence-electron chi connectivity index (χ4n) is 2.29. The van der Waals surface area contributed by atoms with Crippen molar-refractivity contribution < 1.29 is 4.74 Å². The molecule has 106 valence electrons. The first-order valence-electron chi connectivity index (χ1n) is 6.48. The Kier molecular flexibility index (Phi) is 4.88. The number of hydrogen-bond donors (Lipinski definition) is 1. The van der Waals surface area contributed by atoms with Gasteiger partial charge in [0.05, 0.1) is 18.8 Å². The van der Waals surface area contributed by atoms with Crippen LogP contribution in [0.5, 0.6) is 5.75 Å². The quantitative estimate of drug-likeness (QED) is 0.916. The molecule has 3 nitrogen and oxygen atoms in total. The van der Waals surface area contributed by atoms with Crippen LogP contribution in [0.3, 0.4) is 0 Å². The van der Waals surface area contributed by atoms with E-state index in [1.54, 1.807) is 7.11 Å². The third kappa shape index (κ3) is 3.06. The van der Waals surface area contributed by atoms with Crippen LogP contribution in [-0.2, 0) is 0 Å². The van der Waals surface area contributed by atoms with E-state index in [0.717, 1.165) is 22.0 Å². The number of rotatable bonds is 5. The summed E-state index contributed by atoms with van der Waals surface area (Å²) in [7, 11) is 3.69. The number of methoxy groups -OCH3 is 1. The fourth-order valence-corrected chi connectivity index (χ4v) is 2.42. The molecule has 0 bridgehead atoms. The summed E-state index contributed by atoms with van der Waals surface area (Å²) in [6.07, 6.45) is 0. The first kappa shape index (κ1) is 14.7. The molecule has 1 unspecified atom stereocenters. The normalized spacial score (nSPS) is 12.0. The number of benzene rings is 2. The van der Waals surface area contributed by atoms with Crippen LogP contribution in [0.25, 0.3) is 0 Å². The monoisotopic (exact) mass is 290 g/mol. The summed E-state index contributed by atoms with van der Waals surface area (Å²) in [4.78, 5) is 2.13. The molecule has 2 rings (SSSR count). The Hall–Kier alpha value is -1.71. The molecule has 0 saturated carbocycles. The Balaban J connectivity index is 2.33. The Labute approximate surface area is 124 Å². The smallest absolute Gasteiger partial charge is 0.142 e. The minimum absolute atomic E-state index is 0.0727. The third-order valence-electron chi connectivity index (χ3n) is 3.41. The van der Waals surface area contributed by atoms with Gasteiger partial charge in [0.1, 0.15) is 5.75 Å². The zero-order chi connectivity index (χ0) is 14.5. The maximum absolute atomic E-state index is 5.96. The number of halogens is 1. The molecule has 0 heterocycles. The van der Waals surface area contributed by atoms with Gasteiger partial charge < -0.3 is 15.4 Å². The number of ether oxygens (including phenoxy) is 1. The highest BCUT2D eigenvalue weighted by Crippen LogP contribution is 2.32. The molecule has 1 atom stereocenters. The SMILES string of the molecule is COc1ccccc1N(C)C(CN)c1ccc(Cl)cc1. The predicted octanol–water partition coefficient (Wildman–Crippen LogP) is 3.48. The van der Waals surface area contributed by atoms with Crippen LogP contribution >= 0.6 is 11.6 Å². The van der Waals surface area contributed by atoms with Crippen LogP contribution in [0, 0.1) is 0 Å². The van der Waals surface area contributed by atoms with Crippen molar-refractivity contribution in [3.05, 3.63) is 59.1 Å². The molecular weight excluding hydrogens is 272 g/mol. The lowest BCUT2D eigenvalue weighted by Gasteiger charge is -2.30. The summed E-state index contributed by atoms with van der Waals surface area (Å²) in [6.45, 7) is 0.510. The van der Waals surface area contributed by atoms with E-state index < -0.39 is 0 Å². The van der Waals surface area contributed by atoms with Crippen LogP contribution in [0.2, 0.25) is 5.02 Å². The summed E-state index contributed by atoms with van der Waals surface area (Å²) in [6, 6.07) is 15.8. The lowest BCUT2D eigenvalue weighted by Crippen LogP contribution is -2.30. The van der Waals surface area contributed by atoms with Gasteiger partial charge in [-0.1, -0.05) is 35.9 Å². The molecule has 20 heavy (non-hydrogen) atoms. The lowest BCUT2D eigenvalue weighted by atomic mass is 10.0. The molecule has 0 aromatic heterocycles. The van der Waals surface area contributed by atoms with Gasteiger partial charge in [0.25, 0.3) is 0 Å². The van der Waals surface area contributed by atoms with Crippen molar-refractivity contribution in [3.8, 4) is 5.75 Å². The van der Waals surface area contributed by atoms with Crippen molar-refractivity contribution in [3.63, 3.8) is 0 Å². The van der Waals surface area contributed by atoms with Gasteiger partial charge in [0, 0.05) is 18.6 Å². The van der Waals surface area contributed by atoms with E-state index in [9.17, 15) is 0 Å². The van der Waals surface area contributed by atoms with Gasteiger partial charge in [-0.3, -0.25) is 0 Å². The summed E-state index contributed by atoms with van der Waals surface area (Å²) < 4.78 is 5.41. The Bertz CT molecular complexity index is 557. The number of anilines is 1. The molecule has 2 N–H and O–H groups in total. The average Bonchev–Trinajstić information content (AvgIpc) is 2.49. The molecule has 0 aliphatic carbocycles. The number of para-hydroxylation sites is 2. The first-order valence-corrected chi connectivity index (χ1v) is 6.86.